The van der Waals surface area contributed by atoms with Crippen molar-refractivity contribution in [3.05, 3.63) is 47.5 Å². The van der Waals surface area contributed by atoms with Gasteiger partial charge in [0, 0.05) is 5.02 Å². The number of halogens is 1. The Morgan fingerprint density at radius 3 is 2.69 bits per heavy atom. The standard InChI is InChI=1S/C14H19ClO/c1-2-3-4-5-6-11-14(16)12-9-7-8-10-13(12)15/h2,7-10,14,16H,1,3-6,11H2. The van der Waals surface area contributed by atoms with E-state index in [0.29, 0.717) is 5.02 Å². The molecular weight excluding hydrogens is 220 g/mol. The Labute approximate surface area is 103 Å². The zero-order valence-electron chi connectivity index (χ0n) is 9.53. The van der Waals surface area contributed by atoms with E-state index < -0.39 is 6.10 Å². The molecule has 1 aromatic rings. The Morgan fingerprint density at radius 1 is 1.25 bits per heavy atom. The molecule has 1 rings (SSSR count). The fraction of sp³-hybridized carbons (Fsp3) is 0.429. The third-order valence-electron chi connectivity index (χ3n) is 2.65. The Kier molecular flexibility index (Phi) is 6.20. The van der Waals surface area contributed by atoms with Gasteiger partial charge in [0.2, 0.25) is 0 Å². The van der Waals surface area contributed by atoms with Gasteiger partial charge in [-0.1, -0.05) is 48.7 Å². The van der Waals surface area contributed by atoms with Crippen LogP contribution in [0.1, 0.15) is 43.8 Å². The van der Waals surface area contributed by atoms with Gasteiger partial charge in [-0.2, -0.15) is 0 Å². The lowest BCUT2D eigenvalue weighted by molar-refractivity contribution is 0.163. The molecule has 0 spiro atoms. The molecule has 0 fully saturated rings. The van der Waals surface area contributed by atoms with Crippen LogP contribution < -0.4 is 0 Å². The second-order valence-corrected chi connectivity index (χ2v) is 4.37. The van der Waals surface area contributed by atoms with E-state index in [1.54, 1.807) is 0 Å². The molecule has 1 N–H and O–H groups in total. The van der Waals surface area contributed by atoms with Gasteiger partial charge in [0.05, 0.1) is 6.10 Å². The van der Waals surface area contributed by atoms with E-state index in [0.717, 1.165) is 37.7 Å². The van der Waals surface area contributed by atoms with Gasteiger partial charge in [-0.25, -0.2) is 0 Å². The first-order chi connectivity index (χ1) is 7.75. The van der Waals surface area contributed by atoms with Gasteiger partial charge >= 0.3 is 0 Å². The lowest BCUT2D eigenvalue weighted by atomic mass is 10.0. The normalized spacial score (nSPS) is 12.4. The zero-order chi connectivity index (χ0) is 11.8. The van der Waals surface area contributed by atoms with Crippen LogP contribution in [0.15, 0.2) is 36.9 Å². The molecule has 1 atom stereocenters. The van der Waals surface area contributed by atoms with E-state index >= 15 is 0 Å². The summed E-state index contributed by atoms with van der Waals surface area (Å²) in [4.78, 5) is 0. The maximum absolute atomic E-state index is 9.95. The molecule has 1 unspecified atom stereocenters. The number of unbranched alkanes of at least 4 members (excludes halogenated alkanes) is 3. The van der Waals surface area contributed by atoms with Crippen LogP contribution in [0.2, 0.25) is 5.02 Å². The minimum atomic E-state index is -0.433. The maximum atomic E-state index is 9.95. The molecule has 1 nitrogen and oxygen atoms in total. The zero-order valence-corrected chi connectivity index (χ0v) is 10.3. The molecule has 0 aromatic heterocycles. The van der Waals surface area contributed by atoms with Crippen LogP contribution >= 0.6 is 11.6 Å². The number of rotatable bonds is 7. The summed E-state index contributed by atoms with van der Waals surface area (Å²) >= 11 is 6.01. The van der Waals surface area contributed by atoms with Gasteiger partial charge in [-0.05, 0) is 30.9 Å². The van der Waals surface area contributed by atoms with Crippen molar-refractivity contribution in [3.63, 3.8) is 0 Å². The highest BCUT2D eigenvalue weighted by molar-refractivity contribution is 6.31. The van der Waals surface area contributed by atoms with Crippen LogP contribution in [-0.4, -0.2) is 5.11 Å². The van der Waals surface area contributed by atoms with Crippen LogP contribution in [0.25, 0.3) is 0 Å². The molecule has 0 amide bonds. The Balaban J connectivity index is 2.32. The molecule has 0 saturated carbocycles. The molecule has 2 heteroatoms. The molecule has 88 valence electrons. The average Bonchev–Trinajstić information content (AvgIpc) is 2.29. The van der Waals surface area contributed by atoms with Crippen molar-refractivity contribution < 1.29 is 5.11 Å². The Hall–Kier alpha value is -0.790. The van der Waals surface area contributed by atoms with E-state index in [1.807, 2.05) is 30.3 Å². The number of benzene rings is 1. The van der Waals surface area contributed by atoms with Gasteiger partial charge in [-0.3, -0.25) is 0 Å². The van der Waals surface area contributed by atoms with Gasteiger partial charge in [0.1, 0.15) is 0 Å². The summed E-state index contributed by atoms with van der Waals surface area (Å²) < 4.78 is 0. The first-order valence-corrected chi connectivity index (χ1v) is 6.17. The first-order valence-electron chi connectivity index (χ1n) is 5.79. The van der Waals surface area contributed by atoms with Crippen molar-refractivity contribution >= 4 is 11.6 Å². The van der Waals surface area contributed by atoms with Crippen molar-refractivity contribution in [3.8, 4) is 0 Å². The van der Waals surface area contributed by atoms with Crippen molar-refractivity contribution in [1.82, 2.24) is 0 Å². The first kappa shape index (κ1) is 13.3. The van der Waals surface area contributed by atoms with Gasteiger partial charge in [-0.15, -0.1) is 6.58 Å². The number of allylic oxidation sites excluding steroid dienone is 1. The molecule has 0 aliphatic rings. The molecule has 0 bridgehead atoms. The Morgan fingerprint density at radius 2 is 2.00 bits per heavy atom. The highest BCUT2D eigenvalue weighted by Gasteiger charge is 2.09. The maximum Gasteiger partial charge on any atom is 0.0804 e. The number of hydrogen-bond donors (Lipinski definition) is 1. The van der Waals surface area contributed by atoms with E-state index in [9.17, 15) is 5.11 Å². The number of aliphatic hydroxyl groups is 1. The summed E-state index contributed by atoms with van der Waals surface area (Å²) in [5.74, 6) is 0. The van der Waals surface area contributed by atoms with E-state index in [1.165, 1.54) is 0 Å². The largest absolute Gasteiger partial charge is 0.388 e. The molecule has 1 aromatic carbocycles. The third kappa shape index (κ3) is 4.38. The summed E-state index contributed by atoms with van der Waals surface area (Å²) in [6.45, 7) is 3.69. The predicted molar refractivity (Wildman–Crippen MR) is 69.7 cm³/mol. The van der Waals surface area contributed by atoms with Crippen molar-refractivity contribution in [2.45, 2.75) is 38.2 Å². The minimum Gasteiger partial charge on any atom is -0.388 e. The van der Waals surface area contributed by atoms with E-state index in [4.69, 9.17) is 11.6 Å². The summed E-state index contributed by atoms with van der Waals surface area (Å²) in [5.41, 5.74) is 0.841. The topological polar surface area (TPSA) is 20.2 Å². The molecule has 0 radical (unpaired) electrons. The van der Waals surface area contributed by atoms with Gasteiger partial charge in [0.15, 0.2) is 0 Å². The van der Waals surface area contributed by atoms with Crippen molar-refractivity contribution in [1.29, 1.82) is 0 Å². The molecular formula is C14H19ClO. The highest BCUT2D eigenvalue weighted by Crippen LogP contribution is 2.26. The minimum absolute atomic E-state index is 0.433. The lowest BCUT2D eigenvalue weighted by Gasteiger charge is -2.12. The van der Waals surface area contributed by atoms with Gasteiger partial charge < -0.3 is 5.11 Å². The van der Waals surface area contributed by atoms with Crippen molar-refractivity contribution in [2.24, 2.45) is 0 Å². The van der Waals surface area contributed by atoms with Crippen molar-refractivity contribution in [2.75, 3.05) is 0 Å². The van der Waals surface area contributed by atoms with Crippen LogP contribution in [0.3, 0.4) is 0 Å². The van der Waals surface area contributed by atoms with E-state index in [2.05, 4.69) is 6.58 Å². The SMILES string of the molecule is C=CCCCCCC(O)c1ccccc1Cl. The predicted octanol–water partition coefficient (Wildman–Crippen LogP) is 4.51. The lowest BCUT2D eigenvalue weighted by Crippen LogP contribution is -1.98. The quantitative estimate of drug-likeness (QED) is 0.547. The second kappa shape index (κ2) is 7.48. The van der Waals surface area contributed by atoms with Crippen LogP contribution in [-0.2, 0) is 0 Å². The van der Waals surface area contributed by atoms with E-state index in [-0.39, 0.29) is 0 Å². The second-order valence-electron chi connectivity index (χ2n) is 3.96. The third-order valence-corrected chi connectivity index (χ3v) is 2.99. The summed E-state index contributed by atoms with van der Waals surface area (Å²) in [7, 11) is 0. The fourth-order valence-electron chi connectivity index (χ4n) is 1.70. The van der Waals surface area contributed by atoms with Crippen LogP contribution in [0.5, 0.6) is 0 Å². The van der Waals surface area contributed by atoms with Gasteiger partial charge in [0.25, 0.3) is 0 Å². The summed E-state index contributed by atoms with van der Waals surface area (Å²) in [6.07, 6.45) is 6.65. The summed E-state index contributed by atoms with van der Waals surface area (Å²) in [5, 5.41) is 10.6. The number of hydrogen-bond acceptors (Lipinski definition) is 1. The molecule has 0 heterocycles. The molecule has 0 saturated heterocycles. The summed E-state index contributed by atoms with van der Waals surface area (Å²) in [6, 6.07) is 7.49. The monoisotopic (exact) mass is 238 g/mol. The Bertz CT molecular complexity index is 322. The van der Waals surface area contributed by atoms with Crippen LogP contribution in [0, 0.1) is 0 Å². The average molecular weight is 239 g/mol. The molecule has 0 aliphatic carbocycles. The highest BCUT2D eigenvalue weighted by atomic mass is 35.5. The number of aliphatic hydroxyl groups excluding tert-OH is 1. The van der Waals surface area contributed by atoms with Crippen LogP contribution in [0.4, 0.5) is 0 Å². The smallest absolute Gasteiger partial charge is 0.0804 e. The molecule has 0 aliphatic heterocycles. The fourth-order valence-corrected chi connectivity index (χ4v) is 1.97. The molecule has 16 heavy (non-hydrogen) atoms.